The molecule has 110 valence electrons. The van der Waals surface area contributed by atoms with Gasteiger partial charge in [-0.2, -0.15) is 0 Å². The van der Waals surface area contributed by atoms with E-state index < -0.39 is 9.28 Å². The Kier molecular flexibility index (Phi) is 4.41. The van der Waals surface area contributed by atoms with Crippen molar-refractivity contribution in [1.82, 2.24) is 0 Å². The van der Waals surface area contributed by atoms with Crippen LogP contribution >= 0.6 is 0 Å². The zero-order valence-corrected chi connectivity index (χ0v) is 13.1. The summed E-state index contributed by atoms with van der Waals surface area (Å²) in [5, 5.41) is 10.4. The summed E-state index contributed by atoms with van der Waals surface area (Å²) in [5.41, 5.74) is 0. The zero-order chi connectivity index (χ0) is 15.2. The van der Waals surface area contributed by atoms with Crippen molar-refractivity contribution in [3.63, 3.8) is 0 Å². The van der Waals surface area contributed by atoms with Gasteiger partial charge < -0.3 is 14.0 Å². The Balaban J connectivity index is 1.86. The first kappa shape index (κ1) is 14.2. The van der Waals surface area contributed by atoms with Gasteiger partial charge in [-0.15, -0.1) is 0 Å². The lowest BCUT2D eigenvalue weighted by atomic mass is 10.3. The van der Waals surface area contributed by atoms with Crippen LogP contribution in [-0.2, 0) is 0 Å². The normalized spacial score (nSPS) is 10.4. The fraction of sp³-hybridized carbons (Fsp3) is 0. The Bertz CT molecular complexity index is 658. The van der Waals surface area contributed by atoms with E-state index in [0.29, 0.717) is 0 Å². The molecule has 0 heterocycles. The molecule has 3 nitrogen and oxygen atoms in total. The first-order valence-electron chi connectivity index (χ1n) is 7.03. The van der Waals surface area contributed by atoms with Crippen LogP contribution in [0.1, 0.15) is 0 Å². The van der Waals surface area contributed by atoms with E-state index in [9.17, 15) is 5.11 Å². The fourth-order valence-electron chi connectivity index (χ4n) is 2.04. The monoisotopic (exact) mass is 308 g/mol. The molecule has 0 radical (unpaired) electrons. The number of benzene rings is 3. The van der Waals surface area contributed by atoms with Gasteiger partial charge in [-0.05, 0) is 36.4 Å². The molecule has 0 spiro atoms. The number of hydrogen-bond donors (Lipinski definition) is 1. The Morgan fingerprint density at radius 1 is 0.591 bits per heavy atom. The molecule has 0 aliphatic rings. The van der Waals surface area contributed by atoms with Gasteiger partial charge in [0.05, 0.1) is 0 Å². The van der Waals surface area contributed by atoms with Crippen LogP contribution in [-0.4, -0.2) is 14.4 Å². The van der Waals surface area contributed by atoms with Crippen molar-refractivity contribution in [1.29, 1.82) is 0 Å². The number of hydrogen-bond acceptors (Lipinski definition) is 3. The van der Waals surface area contributed by atoms with Crippen LogP contribution in [0, 0.1) is 0 Å². The van der Waals surface area contributed by atoms with Gasteiger partial charge in [0, 0.05) is 5.19 Å². The average Bonchev–Trinajstić information content (AvgIpc) is 2.57. The molecule has 0 saturated heterocycles. The van der Waals surface area contributed by atoms with Crippen LogP contribution in [0.2, 0.25) is 0 Å². The molecule has 3 aromatic carbocycles. The van der Waals surface area contributed by atoms with Crippen molar-refractivity contribution in [2.45, 2.75) is 0 Å². The van der Waals surface area contributed by atoms with Gasteiger partial charge in [0.1, 0.15) is 17.2 Å². The quantitative estimate of drug-likeness (QED) is 0.737. The molecule has 1 N–H and O–H groups in total. The molecule has 4 heteroatoms. The van der Waals surface area contributed by atoms with Crippen LogP contribution in [0.25, 0.3) is 0 Å². The third kappa shape index (κ3) is 3.68. The van der Waals surface area contributed by atoms with Gasteiger partial charge in [0.25, 0.3) is 0 Å². The summed E-state index contributed by atoms with van der Waals surface area (Å²) in [7, 11) is -2.18. The minimum Gasteiger partial charge on any atom is -0.511 e. The maximum Gasteiger partial charge on any atom is 0.479 e. The second-order valence-corrected chi connectivity index (χ2v) is 6.59. The first-order valence-corrected chi connectivity index (χ1v) is 8.55. The highest BCUT2D eigenvalue weighted by molar-refractivity contribution is 6.62. The zero-order valence-electron chi connectivity index (χ0n) is 11.9. The highest BCUT2D eigenvalue weighted by Gasteiger charge is 2.20. The molecular weight excluding hydrogens is 292 g/mol. The molecule has 0 fully saturated rings. The molecule has 3 aromatic rings. The Labute approximate surface area is 131 Å². The summed E-state index contributed by atoms with van der Waals surface area (Å²) in [5.74, 6) is 1.79. The topological polar surface area (TPSA) is 38.7 Å². The van der Waals surface area contributed by atoms with Crippen LogP contribution in [0.4, 0.5) is 0 Å². The predicted octanol–water partition coefficient (Wildman–Crippen LogP) is 2.98. The predicted molar refractivity (Wildman–Crippen MR) is 89.0 cm³/mol. The van der Waals surface area contributed by atoms with Crippen molar-refractivity contribution in [3.8, 4) is 17.2 Å². The lowest BCUT2D eigenvalue weighted by molar-refractivity contribution is 0.439. The molecule has 0 bridgehead atoms. The summed E-state index contributed by atoms with van der Waals surface area (Å²) >= 11 is 0. The smallest absolute Gasteiger partial charge is 0.479 e. The third-order valence-corrected chi connectivity index (χ3v) is 5.04. The van der Waals surface area contributed by atoms with E-state index in [1.165, 1.54) is 0 Å². The van der Waals surface area contributed by atoms with Gasteiger partial charge >= 0.3 is 9.28 Å². The first-order chi connectivity index (χ1) is 10.8. The van der Waals surface area contributed by atoms with E-state index in [1.807, 2.05) is 72.8 Å². The van der Waals surface area contributed by atoms with Crippen molar-refractivity contribution in [2.75, 3.05) is 0 Å². The van der Waals surface area contributed by atoms with E-state index in [0.717, 1.165) is 16.7 Å². The molecule has 0 aliphatic carbocycles. The van der Waals surface area contributed by atoms with Crippen molar-refractivity contribution in [2.24, 2.45) is 0 Å². The van der Waals surface area contributed by atoms with E-state index in [-0.39, 0.29) is 5.75 Å². The molecule has 22 heavy (non-hydrogen) atoms. The van der Waals surface area contributed by atoms with Gasteiger partial charge in [-0.3, -0.25) is 0 Å². The van der Waals surface area contributed by atoms with Crippen LogP contribution in [0.15, 0.2) is 84.9 Å². The molecular formula is C18H16O3Si. The van der Waals surface area contributed by atoms with Crippen molar-refractivity contribution < 1.29 is 14.0 Å². The molecule has 0 aliphatic heterocycles. The Hall–Kier alpha value is -2.72. The lowest BCUT2D eigenvalue weighted by Gasteiger charge is -2.19. The maximum atomic E-state index is 9.45. The van der Waals surface area contributed by atoms with E-state index >= 15 is 0 Å². The summed E-state index contributed by atoms with van der Waals surface area (Å²) in [4.78, 5) is 0. The minimum atomic E-state index is -2.18. The average molecular weight is 308 g/mol. The fourth-order valence-corrected chi connectivity index (χ4v) is 3.67. The highest BCUT2D eigenvalue weighted by atomic mass is 28.3. The van der Waals surface area contributed by atoms with E-state index in [1.54, 1.807) is 12.1 Å². The Morgan fingerprint density at radius 3 is 1.50 bits per heavy atom. The Morgan fingerprint density at radius 2 is 1.05 bits per heavy atom. The van der Waals surface area contributed by atoms with Gasteiger partial charge in [0.15, 0.2) is 0 Å². The SMILES string of the molecule is Oc1ccc([SiH](Oc2ccccc2)Oc2ccccc2)cc1. The van der Waals surface area contributed by atoms with Crippen LogP contribution in [0.3, 0.4) is 0 Å². The standard InChI is InChI=1S/C18H16O3Si/c19-15-11-13-18(14-12-15)22(20-16-7-3-1-4-8-16)21-17-9-5-2-6-10-17/h1-14,19,22H. The van der Waals surface area contributed by atoms with Gasteiger partial charge in [0.2, 0.25) is 0 Å². The highest BCUT2D eigenvalue weighted by Crippen LogP contribution is 2.15. The summed E-state index contributed by atoms with van der Waals surface area (Å²) in [6.45, 7) is 0. The number of para-hydroxylation sites is 2. The van der Waals surface area contributed by atoms with Crippen molar-refractivity contribution >= 4 is 14.5 Å². The number of aromatic hydroxyl groups is 1. The largest absolute Gasteiger partial charge is 0.511 e. The minimum absolute atomic E-state index is 0.232. The molecule has 0 unspecified atom stereocenters. The molecule has 0 amide bonds. The maximum absolute atomic E-state index is 9.45. The molecule has 0 saturated carbocycles. The summed E-state index contributed by atoms with van der Waals surface area (Å²) in [6, 6.07) is 26.3. The second kappa shape index (κ2) is 6.82. The second-order valence-electron chi connectivity index (χ2n) is 4.79. The van der Waals surface area contributed by atoms with Crippen LogP contribution < -0.4 is 14.0 Å². The van der Waals surface area contributed by atoms with E-state index in [4.69, 9.17) is 8.85 Å². The van der Waals surface area contributed by atoms with Crippen LogP contribution in [0.5, 0.6) is 17.2 Å². The molecule has 0 aromatic heterocycles. The van der Waals surface area contributed by atoms with Crippen molar-refractivity contribution in [3.05, 3.63) is 84.9 Å². The number of phenolic OH excluding ortho intramolecular Hbond substituents is 1. The van der Waals surface area contributed by atoms with E-state index in [2.05, 4.69) is 0 Å². The third-order valence-electron chi connectivity index (χ3n) is 3.14. The molecule has 3 rings (SSSR count). The lowest BCUT2D eigenvalue weighted by Crippen LogP contribution is -2.42. The van der Waals surface area contributed by atoms with Gasteiger partial charge in [-0.1, -0.05) is 48.5 Å². The number of phenols is 1. The summed E-state index contributed by atoms with van der Waals surface area (Å²) < 4.78 is 12.2. The van der Waals surface area contributed by atoms with Gasteiger partial charge in [-0.25, -0.2) is 0 Å². The summed E-state index contributed by atoms with van der Waals surface area (Å²) in [6.07, 6.45) is 0. The molecule has 0 atom stereocenters. The number of rotatable bonds is 5.